The minimum atomic E-state index is 1.16. The molecule has 0 fully saturated rings. The third-order valence-electron chi connectivity index (χ3n) is 2.61. The first kappa shape index (κ1) is 12.3. The van der Waals surface area contributed by atoms with Gasteiger partial charge in [-0.2, -0.15) is 0 Å². The second-order valence-corrected chi connectivity index (χ2v) is 3.47. The minimum absolute atomic E-state index is 1.16. The van der Waals surface area contributed by atoms with E-state index in [9.17, 15) is 0 Å². The van der Waals surface area contributed by atoms with Crippen molar-refractivity contribution in [1.82, 2.24) is 0 Å². The topological polar surface area (TPSA) is 0 Å². The molecule has 0 aliphatic carbocycles. The Kier molecular flexibility index (Phi) is 4.53. The summed E-state index contributed by atoms with van der Waals surface area (Å²) in [5.41, 5.74) is 4.71. The molecule has 0 atom stereocenters. The zero-order valence-electron chi connectivity index (χ0n) is 10.0. The molecule has 82 valence electrons. The van der Waals surface area contributed by atoms with Gasteiger partial charge in [-0.3, -0.25) is 0 Å². The first-order chi connectivity index (χ1) is 7.76. The summed E-state index contributed by atoms with van der Waals surface area (Å²) in [7, 11) is 0. The Morgan fingerprint density at radius 1 is 0.812 bits per heavy atom. The van der Waals surface area contributed by atoms with Gasteiger partial charge in [0.2, 0.25) is 0 Å². The van der Waals surface area contributed by atoms with Gasteiger partial charge in [-0.25, -0.2) is 0 Å². The Morgan fingerprint density at radius 3 is 1.31 bits per heavy atom. The van der Waals surface area contributed by atoms with E-state index in [0.717, 1.165) is 11.1 Å². The number of benzene rings is 1. The van der Waals surface area contributed by atoms with Crippen LogP contribution in [-0.4, -0.2) is 0 Å². The minimum Gasteiger partial charge on any atom is -0.0985 e. The van der Waals surface area contributed by atoms with Crippen molar-refractivity contribution < 1.29 is 0 Å². The molecule has 0 radical (unpaired) electrons. The molecule has 16 heavy (non-hydrogen) atoms. The zero-order chi connectivity index (χ0) is 12.0. The molecule has 0 heteroatoms. The maximum absolute atomic E-state index is 3.80. The highest BCUT2D eigenvalue weighted by Crippen LogP contribution is 2.20. The third kappa shape index (κ3) is 2.60. The van der Waals surface area contributed by atoms with Crippen LogP contribution in [0.4, 0.5) is 0 Å². The molecule has 0 heterocycles. The summed E-state index contributed by atoms with van der Waals surface area (Å²) in [4.78, 5) is 0. The lowest BCUT2D eigenvalue weighted by Crippen LogP contribution is -1.84. The van der Waals surface area contributed by atoms with Gasteiger partial charge in [0.05, 0.1) is 0 Å². The molecule has 1 rings (SSSR count). The summed E-state index contributed by atoms with van der Waals surface area (Å²) in [6.07, 6.45) is 7.87. The summed E-state index contributed by atoms with van der Waals surface area (Å²) >= 11 is 0. The maximum Gasteiger partial charge on any atom is -0.0187 e. The third-order valence-corrected chi connectivity index (χ3v) is 2.61. The molecule has 1 aromatic carbocycles. The smallest absolute Gasteiger partial charge is 0.0187 e. The fourth-order valence-electron chi connectivity index (χ4n) is 1.66. The summed E-state index contributed by atoms with van der Waals surface area (Å²) in [5, 5.41) is 0. The van der Waals surface area contributed by atoms with E-state index in [4.69, 9.17) is 0 Å². The standard InChI is InChI=1S/C16H18/c1-5-13(6-2)15-9-11-16(12-10-15)14(7-3)8-4/h5-12H,1,3H2,2,4H3/b13-6+,14-8+. The van der Waals surface area contributed by atoms with Gasteiger partial charge in [-0.05, 0) is 36.1 Å². The van der Waals surface area contributed by atoms with Crippen LogP contribution in [-0.2, 0) is 0 Å². The fraction of sp³-hybridized carbons (Fsp3) is 0.125. The second kappa shape index (κ2) is 5.92. The van der Waals surface area contributed by atoms with Crippen molar-refractivity contribution in [2.45, 2.75) is 13.8 Å². The maximum atomic E-state index is 3.80. The summed E-state index contributed by atoms with van der Waals surface area (Å²) in [6.45, 7) is 11.6. The zero-order valence-corrected chi connectivity index (χ0v) is 10.0. The van der Waals surface area contributed by atoms with Crippen LogP contribution in [0.2, 0.25) is 0 Å². The van der Waals surface area contributed by atoms with Gasteiger partial charge in [0, 0.05) is 0 Å². The van der Waals surface area contributed by atoms with Crippen molar-refractivity contribution in [2.24, 2.45) is 0 Å². The summed E-state index contributed by atoms with van der Waals surface area (Å²) in [6, 6.07) is 8.44. The monoisotopic (exact) mass is 210 g/mol. The lowest BCUT2D eigenvalue weighted by Gasteiger charge is -2.05. The van der Waals surface area contributed by atoms with E-state index in [2.05, 4.69) is 49.6 Å². The Balaban J connectivity index is 3.08. The van der Waals surface area contributed by atoms with Crippen LogP contribution in [0, 0.1) is 0 Å². The molecule has 0 bridgehead atoms. The van der Waals surface area contributed by atoms with Gasteiger partial charge in [-0.15, -0.1) is 0 Å². The molecule has 0 spiro atoms. The highest BCUT2D eigenvalue weighted by atomic mass is 14.0. The van der Waals surface area contributed by atoms with E-state index in [1.807, 2.05) is 26.0 Å². The largest absolute Gasteiger partial charge is 0.0985 e. The van der Waals surface area contributed by atoms with Crippen molar-refractivity contribution in [3.63, 3.8) is 0 Å². The molecule has 0 amide bonds. The normalized spacial score (nSPS) is 12.4. The van der Waals surface area contributed by atoms with Gasteiger partial charge < -0.3 is 0 Å². The number of rotatable bonds is 4. The molecule has 1 aromatic rings. The molecule has 0 aromatic heterocycles. The van der Waals surface area contributed by atoms with Crippen molar-refractivity contribution in [1.29, 1.82) is 0 Å². The first-order valence-corrected chi connectivity index (χ1v) is 5.45. The highest BCUT2D eigenvalue weighted by molar-refractivity contribution is 5.77. The van der Waals surface area contributed by atoms with Crippen LogP contribution in [0.15, 0.2) is 61.7 Å². The van der Waals surface area contributed by atoms with Crippen LogP contribution >= 0.6 is 0 Å². The predicted octanol–water partition coefficient (Wildman–Crippen LogP) is 4.87. The molecule has 0 aliphatic rings. The number of allylic oxidation sites excluding steroid dienone is 6. The fourth-order valence-corrected chi connectivity index (χ4v) is 1.66. The molecule has 0 nitrogen and oxygen atoms in total. The van der Waals surface area contributed by atoms with Gasteiger partial charge in [0.25, 0.3) is 0 Å². The summed E-state index contributed by atoms with van der Waals surface area (Å²) in [5.74, 6) is 0. The van der Waals surface area contributed by atoms with Crippen molar-refractivity contribution in [3.05, 3.63) is 72.9 Å². The molecule has 0 saturated heterocycles. The molecule has 0 unspecified atom stereocenters. The molecule has 0 aliphatic heterocycles. The predicted molar refractivity (Wildman–Crippen MR) is 74.1 cm³/mol. The number of hydrogen-bond acceptors (Lipinski definition) is 0. The van der Waals surface area contributed by atoms with E-state index >= 15 is 0 Å². The van der Waals surface area contributed by atoms with Crippen LogP contribution in [0.1, 0.15) is 25.0 Å². The van der Waals surface area contributed by atoms with Crippen LogP contribution in [0.3, 0.4) is 0 Å². The van der Waals surface area contributed by atoms with E-state index in [1.54, 1.807) is 0 Å². The lowest BCUT2D eigenvalue weighted by atomic mass is 10.0. The van der Waals surface area contributed by atoms with E-state index in [0.29, 0.717) is 0 Å². The Hall–Kier alpha value is -1.82. The SMILES string of the molecule is C=C/C(=C\C)c1ccc(/C(C=C)=C/C)cc1. The van der Waals surface area contributed by atoms with Crippen LogP contribution in [0.25, 0.3) is 11.1 Å². The molecular formula is C16H18. The van der Waals surface area contributed by atoms with Crippen LogP contribution < -0.4 is 0 Å². The van der Waals surface area contributed by atoms with Gasteiger partial charge in [0.1, 0.15) is 0 Å². The molecule has 0 N–H and O–H groups in total. The van der Waals surface area contributed by atoms with E-state index < -0.39 is 0 Å². The first-order valence-electron chi connectivity index (χ1n) is 5.45. The average molecular weight is 210 g/mol. The highest BCUT2D eigenvalue weighted by Gasteiger charge is 1.98. The molecule has 0 saturated carbocycles. The Bertz CT molecular complexity index is 385. The van der Waals surface area contributed by atoms with E-state index in [1.165, 1.54) is 11.1 Å². The van der Waals surface area contributed by atoms with Crippen molar-refractivity contribution >= 4 is 11.1 Å². The Morgan fingerprint density at radius 2 is 1.12 bits per heavy atom. The lowest BCUT2D eigenvalue weighted by molar-refractivity contribution is 1.55. The average Bonchev–Trinajstić information content (AvgIpc) is 2.34. The van der Waals surface area contributed by atoms with Crippen molar-refractivity contribution in [2.75, 3.05) is 0 Å². The quantitative estimate of drug-likeness (QED) is 0.622. The molecular weight excluding hydrogens is 192 g/mol. The van der Waals surface area contributed by atoms with Gasteiger partial charge >= 0.3 is 0 Å². The van der Waals surface area contributed by atoms with Gasteiger partial charge in [-0.1, -0.05) is 61.7 Å². The van der Waals surface area contributed by atoms with Gasteiger partial charge in [0.15, 0.2) is 0 Å². The second-order valence-electron chi connectivity index (χ2n) is 3.47. The summed E-state index contributed by atoms with van der Waals surface area (Å²) < 4.78 is 0. The number of hydrogen-bond donors (Lipinski definition) is 0. The van der Waals surface area contributed by atoms with Crippen molar-refractivity contribution in [3.8, 4) is 0 Å². The Labute approximate surface area is 98.3 Å². The van der Waals surface area contributed by atoms with E-state index in [-0.39, 0.29) is 0 Å². The van der Waals surface area contributed by atoms with Crippen LogP contribution in [0.5, 0.6) is 0 Å².